The van der Waals surface area contributed by atoms with E-state index in [1.165, 1.54) is 0 Å². The third kappa shape index (κ3) is 5.47. The highest BCUT2D eigenvalue weighted by Gasteiger charge is 2.06. The van der Waals surface area contributed by atoms with Crippen molar-refractivity contribution in [3.05, 3.63) is 70.7 Å². The van der Waals surface area contributed by atoms with E-state index in [1.807, 2.05) is 54.6 Å². The minimum Gasteiger partial charge on any atom is -0.358 e. The Balaban J connectivity index is 1.72. The van der Waals surface area contributed by atoms with Crippen molar-refractivity contribution in [2.45, 2.75) is 19.4 Å². The van der Waals surface area contributed by atoms with Crippen LogP contribution in [0.2, 0.25) is 5.02 Å². The standard InChI is InChI=1S/C17H17ClN2OS/c18-15-9-5-4-8-14(15)10-11-16(21)20-17(22)19-12-13-6-2-1-3-7-13/h1-9H,10-12H2,(H2,19,20,21,22). The van der Waals surface area contributed by atoms with Gasteiger partial charge in [0.15, 0.2) is 5.11 Å². The topological polar surface area (TPSA) is 41.1 Å². The van der Waals surface area contributed by atoms with Gasteiger partial charge in [-0.3, -0.25) is 4.79 Å². The van der Waals surface area contributed by atoms with Gasteiger partial charge in [-0.05, 0) is 35.8 Å². The second-order valence-electron chi connectivity index (χ2n) is 4.81. The molecule has 114 valence electrons. The van der Waals surface area contributed by atoms with E-state index in [9.17, 15) is 4.79 Å². The fourth-order valence-corrected chi connectivity index (χ4v) is 2.38. The number of nitrogens with one attached hydrogen (secondary N) is 2. The molecule has 2 aromatic carbocycles. The third-order valence-electron chi connectivity index (χ3n) is 3.13. The predicted octanol–water partition coefficient (Wildman–Crippen LogP) is 3.46. The predicted molar refractivity (Wildman–Crippen MR) is 93.8 cm³/mol. The van der Waals surface area contributed by atoms with E-state index in [-0.39, 0.29) is 5.91 Å². The Morgan fingerprint density at radius 2 is 1.73 bits per heavy atom. The van der Waals surface area contributed by atoms with Gasteiger partial charge in [-0.25, -0.2) is 0 Å². The van der Waals surface area contributed by atoms with Gasteiger partial charge in [0.05, 0.1) is 0 Å². The maximum atomic E-state index is 11.9. The zero-order chi connectivity index (χ0) is 15.8. The van der Waals surface area contributed by atoms with Crippen molar-refractivity contribution < 1.29 is 4.79 Å². The molecule has 3 nitrogen and oxygen atoms in total. The van der Waals surface area contributed by atoms with Crippen molar-refractivity contribution in [3.63, 3.8) is 0 Å². The van der Waals surface area contributed by atoms with Crippen LogP contribution < -0.4 is 10.6 Å². The Bertz CT molecular complexity index is 646. The lowest BCUT2D eigenvalue weighted by Crippen LogP contribution is -2.38. The molecule has 2 aromatic rings. The van der Waals surface area contributed by atoms with E-state index < -0.39 is 0 Å². The van der Waals surface area contributed by atoms with E-state index >= 15 is 0 Å². The lowest BCUT2D eigenvalue weighted by Gasteiger charge is -2.10. The quantitative estimate of drug-likeness (QED) is 0.824. The molecule has 0 heterocycles. The monoisotopic (exact) mass is 332 g/mol. The molecule has 2 N–H and O–H groups in total. The molecular weight excluding hydrogens is 316 g/mol. The molecular formula is C17H17ClN2OS. The van der Waals surface area contributed by atoms with Crippen molar-refractivity contribution in [3.8, 4) is 0 Å². The third-order valence-corrected chi connectivity index (χ3v) is 3.74. The van der Waals surface area contributed by atoms with Crippen molar-refractivity contribution in [2.24, 2.45) is 0 Å². The van der Waals surface area contributed by atoms with Gasteiger partial charge in [-0.15, -0.1) is 0 Å². The zero-order valence-electron chi connectivity index (χ0n) is 12.0. The minimum atomic E-state index is -0.120. The number of benzene rings is 2. The van der Waals surface area contributed by atoms with Crippen molar-refractivity contribution >= 4 is 34.8 Å². The van der Waals surface area contributed by atoms with E-state index in [0.29, 0.717) is 29.5 Å². The Morgan fingerprint density at radius 1 is 1.05 bits per heavy atom. The van der Waals surface area contributed by atoms with Gasteiger partial charge in [0.2, 0.25) is 5.91 Å². The van der Waals surface area contributed by atoms with Crippen molar-refractivity contribution in [1.29, 1.82) is 0 Å². The zero-order valence-corrected chi connectivity index (χ0v) is 13.6. The first-order valence-electron chi connectivity index (χ1n) is 7.00. The number of carbonyl (C=O) groups excluding carboxylic acids is 1. The van der Waals surface area contributed by atoms with Crippen LogP contribution in [0.25, 0.3) is 0 Å². The van der Waals surface area contributed by atoms with Crippen LogP contribution in [-0.4, -0.2) is 11.0 Å². The van der Waals surface area contributed by atoms with Gasteiger partial charge in [-0.1, -0.05) is 60.1 Å². The van der Waals surface area contributed by atoms with Gasteiger partial charge in [-0.2, -0.15) is 0 Å². The normalized spacial score (nSPS) is 10.0. The molecule has 0 fully saturated rings. The molecule has 0 radical (unpaired) electrons. The highest BCUT2D eigenvalue weighted by atomic mass is 35.5. The molecule has 0 aliphatic carbocycles. The van der Waals surface area contributed by atoms with Crippen LogP contribution in [0.5, 0.6) is 0 Å². The Kier molecular flexibility index (Phi) is 6.37. The summed E-state index contributed by atoms with van der Waals surface area (Å²) in [5.74, 6) is -0.120. The first kappa shape index (κ1) is 16.5. The van der Waals surface area contributed by atoms with E-state index in [0.717, 1.165) is 11.1 Å². The lowest BCUT2D eigenvalue weighted by molar-refractivity contribution is -0.119. The molecule has 0 saturated carbocycles. The smallest absolute Gasteiger partial charge is 0.226 e. The number of carbonyl (C=O) groups is 1. The van der Waals surface area contributed by atoms with E-state index in [1.54, 1.807) is 0 Å². The average molecular weight is 333 g/mol. The van der Waals surface area contributed by atoms with E-state index in [2.05, 4.69) is 10.6 Å². The maximum Gasteiger partial charge on any atom is 0.226 e. The van der Waals surface area contributed by atoms with Crippen LogP contribution in [0.15, 0.2) is 54.6 Å². The average Bonchev–Trinajstić information content (AvgIpc) is 2.53. The van der Waals surface area contributed by atoms with Gasteiger partial charge in [0.1, 0.15) is 0 Å². The van der Waals surface area contributed by atoms with Gasteiger partial charge < -0.3 is 10.6 Å². The summed E-state index contributed by atoms with van der Waals surface area (Å²) >= 11 is 11.2. The number of hydrogen-bond acceptors (Lipinski definition) is 2. The molecule has 0 aromatic heterocycles. The number of hydrogen-bond donors (Lipinski definition) is 2. The molecule has 0 aliphatic heterocycles. The maximum absolute atomic E-state index is 11.9. The summed E-state index contributed by atoms with van der Waals surface area (Å²) in [4.78, 5) is 11.9. The first-order valence-corrected chi connectivity index (χ1v) is 7.79. The molecule has 0 aliphatic rings. The molecule has 0 atom stereocenters. The SMILES string of the molecule is O=C(CCc1ccccc1Cl)NC(=S)NCc1ccccc1. The molecule has 0 saturated heterocycles. The van der Waals surface area contributed by atoms with Crippen LogP contribution >= 0.6 is 23.8 Å². The number of halogens is 1. The molecule has 2 rings (SSSR count). The summed E-state index contributed by atoms with van der Waals surface area (Å²) in [7, 11) is 0. The number of aryl methyl sites for hydroxylation is 1. The second-order valence-corrected chi connectivity index (χ2v) is 5.62. The molecule has 1 amide bonds. The minimum absolute atomic E-state index is 0.120. The summed E-state index contributed by atoms with van der Waals surface area (Å²) in [5, 5.41) is 6.71. The first-order chi connectivity index (χ1) is 10.6. The van der Waals surface area contributed by atoms with Crippen LogP contribution in [0.4, 0.5) is 0 Å². The van der Waals surface area contributed by atoms with Gasteiger partial charge in [0.25, 0.3) is 0 Å². The molecule has 22 heavy (non-hydrogen) atoms. The van der Waals surface area contributed by atoms with Crippen molar-refractivity contribution in [2.75, 3.05) is 0 Å². The lowest BCUT2D eigenvalue weighted by atomic mass is 10.1. The van der Waals surface area contributed by atoms with Gasteiger partial charge in [0, 0.05) is 18.0 Å². The highest BCUT2D eigenvalue weighted by molar-refractivity contribution is 7.80. The molecule has 0 bridgehead atoms. The summed E-state index contributed by atoms with van der Waals surface area (Å²) in [6, 6.07) is 17.4. The van der Waals surface area contributed by atoms with Crippen LogP contribution in [0, 0.1) is 0 Å². The fourth-order valence-electron chi connectivity index (χ4n) is 1.96. The Hall–Kier alpha value is -1.91. The van der Waals surface area contributed by atoms with Crippen molar-refractivity contribution in [1.82, 2.24) is 10.6 Å². The highest BCUT2D eigenvalue weighted by Crippen LogP contribution is 2.16. The molecule has 5 heteroatoms. The number of thiocarbonyl (C=S) groups is 1. The van der Waals surface area contributed by atoms with Crippen LogP contribution in [0.3, 0.4) is 0 Å². The largest absolute Gasteiger partial charge is 0.358 e. The summed E-state index contributed by atoms with van der Waals surface area (Å²) in [5.41, 5.74) is 2.07. The van der Waals surface area contributed by atoms with E-state index in [4.69, 9.17) is 23.8 Å². The Labute approximate surface area is 140 Å². The summed E-state index contributed by atoms with van der Waals surface area (Å²) < 4.78 is 0. The van der Waals surface area contributed by atoms with Crippen LogP contribution in [-0.2, 0) is 17.8 Å². The van der Waals surface area contributed by atoms with Crippen LogP contribution in [0.1, 0.15) is 17.5 Å². The summed E-state index contributed by atoms with van der Waals surface area (Å²) in [6.07, 6.45) is 0.934. The Morgan fingerprint density at radius 3 is 2.45 bits per heavy atom. The van der Waals surface area contributed by atoms with Gasteiger partial charge >= 0.3 is 0 Å². The molecule has 0 spiro atoms. The molecule has 0 unspecified atom stereocenters. The fraction of sp³-hybridized carbons (Fsp3) is 0.176. The number of rotatable bonds is 5. The number of amides is 1. The second kappa shape index (κ2) is 8.51. The summed E-state index contributed by atoms with van der Waals surface area (Å²) in [6.45, 7) is 0.588.